The highest BCUT2D eigenvalue weighted by molar-refractivity contribution is 7.32. The number of hydrogen-bond donors (Lipinski definition) is 1. The molecule has 1 rings (SSSR count). The first-order chi connectivity index (χ1) is 3.79. The van der Waals surface area contributed by atoms with E-state index in [0.29, 0.717) is 0 Å². The van der Waals surface area contributed by atoms with Crippen molar-refractivity contribution in [1.82, 2.24) is 0 Å². The SMILES string of the molecule is O=[P+](O)OC1CCC1. The largest absolute Gasteiger partial charge is 0.694 e. The lowest BCUT2D eigenvalue weighted by molar-refractivity contribution is 0.114. The first-order valence-corrected chi connectivity index (χ1v) is 3.75. The van der Waals surface area contributed by atoms with Crippen LogP contribution < -0.4 is 0 Å². The summed E-state index contributed by atoms with van der Waals surface area (Å²) in [5.74, 6) is 0. The highest BCUT2D eigenvalue weighted by Crippen LogP contribution is 2.30. The van der Waals surface area contributed by atoms with Crippen molar-refractivity contribution in [3.05, 3.63) is 0 Å². The zero-order valence-corrected chi connectivity index (χ0v) is 5.30. The molecule has 0 saturated heterocycles. The minimum absolute atomic E-state index is 0.0728. The molecule has 1 N–H and O–H groups in total. The number of hydrogen-bond acceptors (Lipinski definition) is 2. The van der Waals surface area contributed by atoms with Gasteiger partial charge < -0.3 is 0 Å². The maximum Gasteiger partial charge on any atom is 0.694 e. The molecule has 46 valence electrons. The fourth-order valence-electron chi connectivity index (χ4n) is 0.604. The van der Waals surface area contributed by atoms with Crippen LogP contribution in [0.2, 0.25) is 0 Å². The summed E-state index contributed by atoms with van der Waals surface area (Å²) >= 11 is 0. The van der Waals surface area contributed by atoms with Crippen molar-refractivity contribution in [3.8, 4) is 0 Å². The van der Waals surface area contributed by atoms with Crippen molar-refractivity contribution >= 4 is 8.25 Å². The molecule has 1 atom stereocenters. The molecule has 0 aliphatic heterocycles. The molecule has 0 spiro atoms. The maximum atomic E-state index is 9.93. The normalized spacial score (nSPS) is 22.4. The third kappa shape index (κ3) is 1.51. The topological polar surface area (TPSA) is 46.5 Å². The predicted octanol–water partition coefficient (Wildman–Crippen LogP) is 1.21. The molecule has 0 heterocycles. The lowest BCUT2D eigenvalue weighted by Gasteiger charge is -2.17. The lowest BCUT2D eigenvalue weighted by atomic mass is 9.97. The summed E-state index contributed by atoms with van der Waals surface area (Å²) in [7, 11) is -2.34. The Labute approximate surface area is 48.6 Å². The van der Waals surface area contributed by atoms with E-state index in [-0.39, 0.29) is 6.10 Å². The van der Waals surface area contributed by atoms with Crippen LogP contribution in [-0.4, -0.2) is 11.0 Å². The van der Waals surface area contributed by atoms with Gasteiger partial charge in [-0.2, -0.15) is 0 Å². The maximum absolute atomic E-state index is 9.93. The third-order valence-electron chi connectivity index (χ3n) is 1.29. The van der Waals surface area contributed by atoms with E-state index >= 15 is 0 Å². The van der Waals surface area contributed by atoms with E-state index in [9.17, 15) is 4.57 Å². The standard InChI is InChI=1S/C4H7O3P/c5-8(6)7-4-2-1-3-4/h4H,1-3H2/p+1. The van der Waals surface area contributed by atoms with Gasteiger partial charge in [0.1, 0.15) is 6.10 Å². The Morgan fingerprint density at radius 1 is 1.62 bits per heavy atom. The molecular weight excluding hydrogens is 127 g/mol. The van der Waals surface area contributed by atoms with E-state index in [0.717, 1.165) is 19.3 Å². The third-order valence-corrected chi connectivity index (χ3v) is 1.77. The summed E-state index contributed by atoms with van der Waals surface area (Å²) in [4.78, 5) is 8.17. The molecule has 8 heavy (non-hydrogen) atoms. The molecule has 0 aromatic carbocycles. The molecule has 1 unspecified atom stereocenters. The van der Waals surface area contributed by atoms with Gasteiger partial charge in [-0.1, -0.05) is 0 Å². The zero-order valence-electron chi connectivity index (χ0n) is 4.41. The van der Waals surface area contributed by atoms with Gasteiger partial charge in [0.25, 0.3) is 0 Å². The van der Waals surface area contributed by atoms with E-state index in [1.54, 1.807) is 0 Å². The Hall–Kier alpha value is 0.0200. The molecule has 3 nitrogen and oxygen atoms in total. The average Bonchev–Trinajstić information content (AvgIpc) is 1.55. The van der Waals surface area contributed by atoms with E-state index in [1.165, 1.54) is 0 Å². The molecule has 0 radical (unpaired) electrons. The summed E-state index contributed by atoms with van der Waals surface area (Å²) in [6.07, 6.45) is 3.10. The van der Waals surface area contributed by atoms with Crippen LogP contribution in [-0.2, 0) is 9.09 Å². The molecular formula is C4H8O3P+. The Morgan fingerprint density at radius 3 is 2.38 bits per heavy atom. The van der Waals surface area contributed by atoms with Gasteiger partial charge in [-0.05, 0) is 19.3 Å². The van der Waals surface area contributed by atoms with Gasteiger partial charge in [-0.15, -0.1) is 9.42 Å². The smallest absolute Gasteiger partial charge is 0.133 e. The summed E-state index contributed by atoms with van der Waals surface area (Å²) in [6.45, 7) is 0. The number of rotatable bonds is 2. The van der Waals surface area contributed by atoms with Crippen molar-refractivity contribution in [1.29, 1.82) is 0 Å². The van der Waals surface area contributed by atoms with E-state index in [2.05, 4.69) is 4.52 Å². The highest BCUT2D eigenvalue weighted by Gasteiger charge is 2.27. The Kier molecular flexibility index (Phi) is 1.95. The molecule has 1 fully saturated rings. The highest BCUT2D eigenvalue weighted by atomic mass is 31.1. The molecule has 1 aliphatic rings. The van der Waals surface area contributed by atoms with Crippen LogP contribution in [0, 0.1) is 0 Å². The van der Waals surface area contributed by atoms with Gasteiger partial charge in [0.15, 0.2) is 0 Å². The zero-order chi connectivity index (χ0) is 5.98. The van der Waals surface area contributed by atoms with Crippen molar-refractivity contribution in [2.75, 3.05) is 0 Å². The van der Waals surface area contributed by atoms with Crippen molar-refractivity contribution in [2.45, 2.75) is 25.4 Å². The van der Waals surface area contributed by atoms with Gasteiger partial charge in [0.2, 0.25) is 0 Å². The van der Waals surface area contributed by atoms with Gasteiger partial charge in [-0.25, -0.2) is 0 Å². The molecule has 0 bridgehead atoms. The minimum atomic E-state index is -2.34. The lowest BCUT2D eigenvalue weighted by Crippen LogP contribution is -2.18. The van der Waals surface area contributed by atoms with Crippen LogP contribution in [0.5, 0.6) is 0 Å². The Morgan fingerprint density at radius 2 is 2.25 bits per heavy atom. The summed E-state index contributed by atoms with van der Waals surface area (Å²) in [6, 6.07) is 0. The molecule has 0 aromatic rings. The van der Waals surface area contributed by atoms with Gasteiger partial charge >= 0.3 is 8.25 Å². The van der Waals surface area contributed by atoms with Crippen LogP contribution in [0.1, 0.15) is 19.3 Å². The first kappa shape index (κ1) is 6.14. The molecule has 0 amide bonds. The molecule has 1 aliphatic carbocycles. The van der Waals surface area contributed by atoms with Gasteiger partial charge in [0, 0.05) is 4.57 Å². The second-order valence-corrected chi connectivity index (χ2v) is 2.58. The van der Waals surface area contributed by atoms with Crippen LogP contribution in [0.15, 0.2) is 0 Å². The Bertz CT molecular complexity index is 99.5. The fourth-order valence-corrected chi connectivity index (χ4v) is 1.07. The monoisotopic (exact) mass is 135 g/mol. The van der Waals surface area contributed by atoms with E-state index < -0.39 is 8.25 Å². The van der Waals surface area contributed by atoms with Gasteiger partial charge in [-0.3, -0.25) is 0 Å². The fraction of sp³-hybridized carbons (Fsp3) is 1.00. The summed E-state index contributed by atoms with van der Waals surface area (Å²) in [5, 5.41) is 0. The predicted molar refractivity (Wildman–Crippen MR) is 28.5 cm³/mol. The van der Waals surface area contributed by atoms with Crippen molar-refractivity contribution in [2.24, 2.45) is 0 Å². The van der Waals surface area contributed by atoms with Crippen LogP contribution in [0.4, 0.5) is 0 Å². The van der Waals surface area contributed by atoms with E-state index in [4.69, 9.17) is 4.89 Å². The summed E-state index contributed by atoms with van der Waals surface area (Å²) in [5.41, 5.74) is 0. The van der Waals surface area contributed by atoms with Gasteiger partial charge in [0.05, 0.1) is 0 Å². The Balaban J connectivity index is 2.09. The van der Waals surface area contributed by atoms with Crippen LogP contribution in [0.25, 0.3) is 0 Å². The van der Waals surface area contributed by atoms with E-state index in [1.807, 2.05) is 0 Å². The average molecular weight is 135 g/mol. The van der Waals surface area contributed by atoms with Crippen molar-refractivity contribution < 1.29 is 14.0 Å². The second-order valence-electron chi connectivity index (χ2n) is 1.90. The minimum Gasteiger partial charge on any atom is -0.133 e. The molecule has 4 heteroatoms. The van der Waals surface area contributed by atoms with Crippen LogP contribution >= 0.6 is 8.25 Å². The summed E-state index contributed by atoms with van der Waals surface area (Å²) < 4.78 is 14.5. The van der Waals surface area contributed by atoms with Crippen molar-refractivity contribution in [3.63, 3.8) is 0 Å². The second kappa shape index (κ2) is 2.53. The van der Waals surface area contributed by atoms with Crippen LogP contribution in [0.3, 0.4) is 0 Å². The molecule has 1 saturated carbocycles. The molecule has 0 aromatic heterocycles. The first-order valence-electron chi connectivity index (χ1n) is 2.62. The quantitative estimate of drug-likeness (QED) is 0.578.